The van der Waals surface area contributed by atoms with Gasteiger partial charge in [-0.15, -0.1) is 0 Å². The van der Waals surface area contributed by atoms with Crippen molar-refractivity contribution < 1.29 is 105 Å². The summed E-state index contributed by atoms with van der Waals surface area (Å²) < 4.78 is 37.9. The molecule has 4 fully saturated rings. The average molecular weight is 667 g/mol. The molecule has 4 aliphatic rings. The smallest absolute Gasteiger partial charge is 0.187 e. The van der Waals surface area contributed by atoms with E-state index in [1.165, 1.54) is 0 Å². The Kier molecular flexibility index (Phi) is 12.8. The molecule has 4 rings (SSSR count). The Hall–Kier alpha value is -0.840. The molecule has 0 radical (unpaired) electrons. The number of aliphatic hydroxyl groups excluding tert-OH is 14. The maximum absolute atomic E-state index is 11.1. The van der Waals surface area contributed by atoms with E-state index in [0.717, 1.165) is 0 Å². The van der Waals surface area contributed by atoms with Crippen molar-refractivity contribution in [1.82, 2.24) is 0 Å². The van der Waals surface area contributed by atoms with E-state index >= 15 is 0 Å². The molecule has 0 bridgehead atoms. The van der Waals surface area contributed by atoms with Crippen LogP contribution in [0.15, 0.2) is 0 Å². The quantitative estimate of drug-likeness (QED) is 0.103. The third-order valence-corrected chi connectivity index (χ3v) is 8.21. The highest BCUT2D eigenvalue weighted by molar-refractivity contribution is 4.97. The van der Waals surface area contributed by atoms with Crippen LogP contribution in [0.1, 0.15) is 0 Å². The lowest BCUT2D eigenvalue weighted by Crippen LogP contribution is -2.68. The van der Waals surface area contributed by atoms with Crippen LogP contribution in [-0.2, 0) is 33.2 Å². The Labute approximate surface area is 254 Å². The molecular weight excluding hydrogens is 624 g/mol. The predicted molar refractivity (Wildman–Crippen MR) is 134 cm³/mol. The maximum atomic E-state index is 11.1. The summed E-state index contributed by atoms with van der Waals surface area (Å²) in [6.07, 6.45) is -36.4. The van der Waals surface area contributed by atoms with Gasteiger partial charge < -0.3 is 105 Å². The minimum absolute atomic E-state index is 0.808. The van der Waals surface area contributed by atoms with E-state index in [1.807, 2.05) is 0 Å². The molecule has 4 saturated heterocycles. The number of hydrogen-bond acceptors (Lipinski definition) is 21. The lowest BCUT2D eigenvalue weighted by atomic mass is 9.95. The van der Waals surface area contributed by atoms with Gasteiger partial charge in [0.05, 0.1) is 26.4 Å². The SMILES string of the molecule is OC[C@H]1O[C@H](O[C@H]2[C@@H](O[C@@H]3[C@@H](O)[C@@H](O[C@H]4[C@H](O)[C@@H](CO)OC(O)[C@H]4O)O[C@H](CO)[C@H]3O)O[C@H](CO)[C@@H](O)[C@@H]2O)[C@H](O)[C@@H](O)[C@@H]1O. The zero-order valence-corrected chi connectivity index (χ0v) is 23.5. The maximum Gasteiger partial charge on any atom is 0.187 e. The highest BCUT2D eigenvalue weighted by atomic mass is 16.8. The minimum atomic E-state index is -2.07. The third kappa shape index (κ3) is 7.44. The minimum Gasteiger partial charge on any atom is -0.394 e. The summed E-state index contributed by atoms with van der Waals surface area (Å²) in [5.41, 5.74) is 0. The van der Waals surface area contributed by atoms with Gasteiger partial charge in [-0.1, -0.05) is 0 Å². The van der Waals surface area contributed by atoms with Gasteiger partial charge in [0, 0.05) is 0 Å². The van der Waals surface area contributed by atoms with Crippen molar-refractivity contribution in [2.45, 2.75) is 123 Å². The molecule has 4 aliphatic heterocycles. The largest absolute Gasteiger partial charge is 0.394 e. The van der Waals surface area contributed by atoms with Gasteiger partial charge in [0.25, 0.3) is 0 Å². The van der Waals surface area contributed by atoms with E-state index in [1.54, 1.807) is 0 Å². The molecular formula is C24H42O21. The van der Waals surface area contributed by atoms with Crippen LogP contribution in [0, 0.1) is 0 Å². The zero-order valence-electron chi connectivity index (χ0n) is 23.5. The molecule has 21 heteroatoms. The van der Waals surface area contributed by atoms with Crippen LogP contribution in [0.5, 0.6) is 0 Å². The second-order valence-corrected chi connectivity index (χ2v) is 11.1. The molecule has 4 heterocycles. The number of ether oxygens (including phenoxy) is 7. The zero-order chi connectivity index (χ0) is 33.3. The topological polar surface area (TPSA) is 348 Å². The highest BCUT2D eigenvalue weighted by Gasteiger charge is 2.55. The van der Waals surface area contributed by atoms with Crippen LogP contribution in [0.2, 0.25) is 0 Å². The fourth-order valence-electron chi connectivity index (χ4n) is 5.51. The fraction of sp³-hybridized carbons (Fsp3) is 1.00. The Bertz CT molecular complexity index is 916. The summed E-state index contributed by atoms with van der Waals surface area (Å²) in [5.74, 6) is 0. The average Bonchev–Trinajstić information content (AvgIpc) is 3.03. The van der Waals surface area contributed by atoms with Crippen molar-refractivity contribution in [2.75, 3.05) is 26.4 Å². The van der Waals surface area contributed by atoms with Crippen LogP contribution < -0.4 is 0 Å². The van der Waals surface area contributed by atoms with E-state index in [-0.39, 0.29) is 0 Å². The summed E-state index contributed by atoms with van der Waals surface area (Å²) >= 11 is 0. The van der Waals surface area contributed by atoms with Crippen LogP contribution in [0.25, 0.3) is 0 Å². The van der Waals surface area contributed by atoms with Gasteiger partial charge in [0.15, 0.2) is 25.2 Å². The summed E-state index contributed by atoms with van der Waals surface area (Å²) in [5, 5.41) is 143. The van der Waals surface area contributed by atoms with Crippen molar-refractivity contribution in [3.8, 4) is 0 Å². The van der Waals surface area contributed by atoms with Gasteiger partial charge in [-0.3, -0.25) is 0 Å². The normalized spacial score (nSPS) is 52.9. The van der Waals surface area contributed by atoms with Crippen molar-refractivity contribution in [3.63, 3.8) is 0 Å². The van der Waals surface area contributed by atoms with Crippen molar-refractivity contribution in [3.05, 3.63) is 0 Å². The van der Waals surface area contributed by atoms with E-state index in [0.29, 0.717) is 0 Å². The van der Waals surface area contributed by atoms with Crippen LogP contribution in [0.3, 0.4) is 0 Å². The number of aliphatic hydroxyl groups is 14. The summed E-state index contributed by atoms with van der Waals surface area (Å²) in [7, 11) is 0. The molecule has 0 amide bonds. The van der Waals surface area contributed by atoms with Crippen LogP contribution in [0.4, 0.5) is 0 Å². The number of rotatable bonds is 10. The van der Waals surface area contributed by atoms with Gasteiger partial charge in [0.2, 0.25) is 0 Å². The predicted octanol–water partition coefficient (Wildman–Crippen LogP) is -9.75. The van der Waals surface area contributed by atoms with E-state index < -0.39 is 149 Å². The van der Waals surface area contributed by atoms with E-state index in [2.05, 4.69) is 0 Å². The van der Waals surface area contributed by atoms with Crippen LogP contribution in [-0.4, -0.2) is 221 Å². The lowest BCUT2D eigenvalue weighted by Gasteiger charge is -2.49. The Balaban J connectivity index is 1.58. The molecule has 21 nitrogen and oxygen atoms in total. The molecule has 0 aliphatic carbocycles. The standard InChI is InChI=1S/C24H42O21/c25-1-5-9(29)13(33)15(35)22(40-5)45-20-14(34)10(30)6(2-26)42-24(20)44-19-12(32)8(4-28)41-23(17(19)37)43-18-11(31)7(3-27)39-21(38)16(18)36/h5-38H,1-4H2/t5-,6-,7-,8-,9-,10-,11-,12-,13+,14+,15-,16+,17-,18+,19+,20-,21?,22-,23-,24-/m1/s1. The monoisotopic (exact) mass is 666 g/mol. The molecule has 45 heavy (non-hydrogen) atoms. The first-order chi connectivity index (χ1) is 21.3. The van der Waals surface area contributed by atoms with Crippen molar-refractivity contribution in [1.29, 1.82) is 0 Å². The summed E-state index contributed by atoms with van der Waals surface area (Å²) in [6, 6.07) is 0. The molecule has 14 N–H and O–H groups in total. The number of hydrogen-bond donors (Lipinski definition) is 14. The molecule has 264 valence electrons. The van der Waals surface area contributed by atoms with E-state index in [9.17, 15) is 71.5 Å². The second-order valence-electron chi connectivity index (χ2n) is 11.1. The summed E-state index contributed by atoms with van der Waals surface area (Å²) in [4.78, 5) is 0. The molecule has 0 spiro atoms. The first-order valence-corrected chi connectivity index (χ1v) is 14.1. The van der Waals surface area contributed by atoms with Crippen molar-refractivity contribution in [2.24, 2.45) is 0 Å². The Morgan fingerprint density at radius 1 is 0.333 bits per heavy atom. The van der Waals surface area contributed by atoms with Gasteiger partial charge in [-0.05, 0) is 0 Å². The summed E-state index contributed by atoms with van der Waals surface area (Å²) in [6.45, 7) is -3.44. The van der Waals surface area contributed by atoms with Gasteiger partial charge in [0.1, 0.15) is 97.7 Å². The van der Waals surface area contributed by atoms with E-state index in [4.69, 9.17) is 33.2 Å². The lowest BCUT2D eigenvalue weighted by molar-refractivity contribution is -0.396. The van der Waals surface area contributed by atoms with Crippen molar-refractivity contribution >= 4 is 0 Å². The molecule has 0 aromatic carbocycles. The van der Waals surface area contributed by atoms with Gasteiger partial charge in [-0.25, -0.2) is 0 Å². The first-order valence-electron chi connectivity index (χ1n) is 14.1. The molecule has 0 aromatic rings. The Morgan fingerprint density at radius 2 is 0.711 bits per heavy atom. The van der Waals surface area contributed by atoms with Crippen LogP contribution >= 0.6 is 0 Å². The fourth-order valence-corrected chi connectivity index (χ4v) is 5.51. The highest BCUT2D eigenvalue weighted by Crippen LogP contribution is 2.34. The molecule has 0 saturated carbocycles. The Morgan fingerprint density at radius 3 is 1.24 bits per heavy atom. The van der Waals surface area contributed by atoms with Gasteiger partial charge >= 0.3 is 0 Å². The third-order valence-electron chi connectivity index (χ3n) is 8.21. The molecule has 0 aromatic heterocycles. The molecule has 1 unspecified atom stereocenters. The second kappa shape index (κ2) is 15.6. The van der Waals surface area contributed by atoms with Gasteiger partial charge in [-0.2, -0.15) is 0 Å². The first kappa shape index (κ1) is 37.0. The molecule has 20 atom stereocenters.